The van der Waals surface area contributed by atoms with E-state index in [9.17, 15) is 23.9 Å². The molecule has 5 aromatic rings. The number of carbonyl (C=O) groups is 1. The Morgan fingerprint density at radius 3 is 2.49 bits per heavy atom. The molecule has 12 heteroatoms. The largest absolute Gasteiger partial charge is 0.478 e. The SMILES string of the molecule is Cc1ccc(COc2nc(-c3cc(F)c(Cc4nc5ccc(C(=O)O)cc5n4CC4(CC#N)CC4)cc3F)ncc2F)c(F)c1. The first-order valence-corrected chi connectivity index (χ1v) is 14.0. The Bertz CT molecular complexity index is 2020. The third-order valence-electron chi connectivity index (χ3n) is 7.99. The van der Waals surface area contributed by atoms with Gasteiger partial charge in [-0.2, -0.15) is 14.6 Å². The Morgan fingerprint density at radius 2 is 1.78 bits per heavy atom. The van der Waals surface area contributed by atoms with Gasteiger partial charge in [-0.05, 0) is 67.3 Å². The van der Waals surface area contributed by atoms with Gasteiger partial charge in [-0.3, -0.25) is 0 Å². The van der Waals surface area contributed by atoms with Crippen molar-refractivity contribution in [3.63, 3.8) is 0 Å². The van der Waals surface area contributed by atoms with E-state index in [0.717, 1.165) is 31.2 Å². The summed E-state index contributed by atoms with van der Waals surface area (Å²) >= 11 is 0. The van der Waals surface area contributed by atoms with Gasteiger partial charge < -0.3 is 14.4 Å². The summed E-state index contributed by atoms with van der Waals surface area (Å²) in [6.45, 7) is 1.74. The third-order valence-corrected chi connectivity index (χ3v) is 7.99. The number of aryl methyl sites for hydroxylation is 1. The molecule has 3 aromatic carbocycles. The van der Waals surface area contributed by atoms with Crippen LogP contribution in [0.5, 0.6) is 5.88 Å². The van der Waals surface area contributed by atoms with Crippen LogP contribution in [0, 0.1) is 46.9 Å². The lowest BCUT2D eigenvalue weighted by molar-refractivity contribution is 0.0697. The molecule has 8 nitrogen and oxygen atoms in total. The average molecular weight is 616 g/mol. The van der Waals surface area contributed by atoms with Gasteiger partial charge in [0.2, 0.25) is 5.82 Å². The first kappa shape index (κ1) is 29.7. The first-order valence-electron chi connectivity index (χ1n) is 14.0. The summed E-state index contributed by atoms with van der Waals surface area (Å²) in [6, 6.07) is 13.0. The molecule has 0 saturated heterocycles. The summed E-state index contributed by atoms with van der Waals surface area (Å²) in [4.78, 5) is 24.0. The van der Waals surface area contributed by atoms with E-state index >= 15 is 8.78 Å². The van der Waals surface area contributed by atoms with E-state index in [4.69, 9.17) is 4.74 Å². The lowest BCUT2D eigenvalue weighted by atomic mass is 10.0. The van der Waals surface area contributed by atoms with E-state index in [1.54, 1.807) is 23.6 Å². The van der Waals surface area contributed by atoms with E-state index in [1.165, 1.54) is 24.3 Å². The number of fused-ring (bicyclic) bond motifs is 1. The van der Waals surface area contributed by atoms with Crippen LogP contribution in [0.2, 0.25) is 0 Å². The monoisotopic (exact) mass is 615 g/mol. The number of aromatic nitrogens is 4. The molecule has 1 fully saturated rings. The highest BCUT2D eigenvalue weighted by atomic mass is 19.1. The average Bonchev–Trinajstić information content (AvgIpc) is 3.68. The molecular formula is C33H25F4N5O3. The minimum atomic E-state index is -1.12. The van der Waals surface area contributed by atoms with Gasteiger partial charge in [0.05, 0.1) is 34.4 Å². The van der Waals surface area contributed by atoms with E-state index in [2.05, 4.69) is 21.0 Å². The summed E-state index contributed by atoms with van der Waals surface area (Å²) < 4.78 is 66.8. The molecule has 1 aliphatic carbocycles. The van der Waals surface area contributed by atoms with Gasteiger partial charge in [0.15, 0.2) is 5.82 Å². The van der Waals surface area contributed by atoms with Crippen LogP contribution in [0.4, 0.5) is 17.6 Å². The Kier molecular flexibility index (Phi) is 7.70. The van der Waals surface area contributed by atoms with E-state index in [1.807, 2.05) is 0 Å². The van der Waals surface area contributed by atoms with Gasteiger partial charge in [-0.15, -0.1) is 0 Å². The van der Waals surface area contributed by atoms with Crippen LogP contribution in [-0.4, -0.2) is 30.6 Å². The van der Waals surface area contributed by atoms with Gasteiger partial charge in [0.1, 0.15) is 29.9 Å². The smallest absolute Gasteiger partial charge is 0.335 e. The van der Waals surface area contributed by atoms with Crippen molar-refractivity contribution < 1.29 is 32.2 Å². The molecule has 1 saturated carbocycles. The van der Waals surface area contributed by atoms with Crippen LogP contribution in [0.25, 0.3) is 22.4 Å². The minimum Gasteiger partial charge on any atom is -0.478 e. The standard InChI is InChI=1S/C33H25F4N5O3/c1-18-2-3-20(23(34)10-18)16-45-31-26(37)15-39-30(41-31)22-14-24(35)21(11-25(22)36)13-29-40-27-5-4-19(32(43)44)12-28(27)42(29)17-33(6-7-33)8-9-38/h2-5,10-12,14-15H,6-8,13,16-17H2,1H3,(H,43,44). The number of ether oxygens (including phenoxy) is 1. The van der Waals surface area contributed by atoms with Crippen molar-refractivity contribution in [1.29, 1.82) is 5.26 Å². The number of carboxylic acid groups (broad SMARTS) is 1. The molecule has 1 N–H and O–H groups in total. The zero-order chi connectivity index (χ0) is 31.9. The van der Waals surface area contributed by atoms with Crippen molar-refractivity contribution in [1.82, 2.24) is 19.5 Å². The number of hydrogen-bond acceptors (Lipinski definition) is 6. The summed E-state index contributed by atoms with van der Waals surface area (Å²) in [5, 5.41) is 18.8. The van der Waals surface area contributed by atoms with Crippen LogP contribution in [0.15, 0.2) is 54.7 Å². The molecule has 2 heterocycles. The predicted molar refractivity (Wildman–Crippen MR) is 154 cm³/mol. The molecule has 45 heavy (non-hydrogen) atoms. The molecule has 0 radical (unpaired) electrons. The van der Waals surface area contributed by atoms with Gasteiger partial charge in [-0.1, -0.05) is 12.1 Å². The number of imidazole rings is 1. The second-order valence-corrected chi connectivity index (χ2v) is 11.3. The summed E-state index contributed by atoms with van der Waals surface area (Å²) in [7, 11) is 0. The van der Waals surface area contributed by atoms with Crippen LogP contribution in [-0.2, 0) is 19.6 Å². The highest BCUT2D eigenvalue weighted by molar-refractivity contribution is 5.92. The van der Waals surface area contributed by atoms with Crippen molar-refractivity contribution >= 4 is 17.0 Å². The fraction of sp³-hybridized carbons (Fsp3) is 0.242. The maximum atomic E-state index is 15.5. The van der Waals surface area contributed by atoms with Crippen LogP contribution in [0.3, 0.4) is 0 Å². The van der Waals surface area contributed by atoms with Crippen molar-refractivity contribution in [2.45, 2.75) is 45.8 Å². The number of aromatic carboxylic acids is 1. The van der Waals surface area contributed by atoms with Gasteiger partial charge in [0.25, 0.3) is 5.88 Å². The Labute approximate surface area is 254 Å². The molecule has 0 bridgehead atoms. The van der Waals surface area contributed by atoms with Crippen molar-refractivity contribution in [2.24, 2.45) is 5.41 Å². The quantitative estimate of drug-likeness (QED) is 0.170. The minimum absolute atomic E-state index is 0.0372. The third kappa shape index (κ3) is 6.06. The summed E-state index contributed by atoms with van der Waals surface area (Å²) in [5.74, 6) is -4.81. The molecule has 0 aliphatic heterocycles. The summed E-state index contributed by atoms with van der Waals surface area (Å²) in [5.41, 5.74) is 1.23. The zero-order valence-electron chi connectivity index (χ0n) is 24.0. The van der Waals surface area contributed by atoms with Crippen molar-refractivity contribution in [2.75, 3.05) is 0 Å². The number of nitrogens with zero attached hydrogens (tertiary/aromatic N) is 5. The maximum absolute atomic E-state index is 15.5. The van der Waals surface area contributed by atoms with E-state index in [-0.39, 0.29) is 46.5 Å². The fourth-order valence-electron chi connectivity index (χ4n) is 5.25. The van der Waals surface area contributed by atoms with Gasteiger partial charge in [-0.25, -0.2) is 27.9 Å². The molecule has 0 atom stereocenters. The molecular weight excluding hydrogens is 590 g/mol. The zero-order valence-corrected chi connectivity index (χ0v) is 24.0. The molecule has 228 valence electrons. The topological polar surface area (TPSA) is 114 Å². The highest BCUT2D eigenvalue weighted by Gasteiger charge is 2.43. The molecule has 0 spiro atoms. The van der Waals surface area contributed by atoms with E-state index < -0.39 is 35.1 Å². The highest BCUT2D eigenvalue weighted by Crippen LogP contribution is 2.50. The number of hydrogen-bond donors (Lipinski definition) is 1. The maximum Gasteiger partial charge on any atom is 0.335 e. The van der Waals surface area contributed by atoms with Crippen LogP contribution in [0.1, 0.15) is 52.1 Å². The normalized spacial score (nSPS) is 13.5. The first-order chi connectivity index (χ1) is 21.6. The fourth-order valence-corrected chi connectivity index (χ4v) is 5.25. The lowest BCUT2D eigenvalue weighted by Gasteiger charge is -2.16. The number of nitriles is 1. The molecule has 6 rings (SSSR count). The molecule has 1 aliphatic rings. The second-order valence-electron chi connectivity index (χ2n) is 11.3. The molecule has 2 aromatic heterocycles. The van der Waals surface area contributed by atoms with E-state index in [0.29, 0.717) is 35.4 Å². The Hall–Kier alpha value is -5.31. The number of carboxylic acids is 1. The van der Waals surface area contributed by atoms with Gasteiger partial charge >= 0.3 is 5.97 Å². The van der Waals surface area contributed by atoms with Crippen molar-refractivity contribution in [3.05, 3.63) is 106 Å². The van der Waals surface area contributed by atoms with Gasteiger partial charge in [0, 0.05) is 30.4 Å². The lowest BCUT2D eigenvalue weighted by Crippen LogP contribution is -2.15. The second kappa shape index (κ2) is 11.6. The predicted octanol–water partition coefficient (Wildman–Crippen LogP) is 6.92. The molecule has 0 unspecified atom stereocenters. The Balaban J connectivity index is 1.30. The number of halogens is 4. The number of rotatable bonds is 10. The van der Waals surface area contributed by atoms with Crippen LogP contribution >= 0.6 is 0 Å². The summed E-state index contributed by atoms with van der Waals surface area (Å²) in [6.07, 6.45) is 2.53. The number of benzene rings is 3. The molecule has 0 amide bonds. The van der Waals surface area contributed by atoms with Crippen molar-refractivity contribution in [3.8, 4) is 23.3 Å². The Morgan fingerprint density at radius 1 is 1.00 bits per heavy atom. The van der Waals surface area contributed by atoms with Crippen LogP contribution < -0.4 is 4.74 Å².